The molecule has 0 aliphatic heterocycles. The number of ether oxygens (including phenoxy) is 2. The number of allylic oxidation sites excluding steroid dienone is 2. The molecule has 0 saturated heterocycles. The zero-order valence-electron chi connectivity index (χ0n) is 22.0. The molecule has 36 heavy (non-hydrogen) atoms. The molecule has 0 unspecified atom stereocenters. The lowest BCUT2D eigenvalue weighted by atomic mass is 9.70. The van der Waals surface area contributed by atoms with Crippen LogP contribution in [-0.2, 0) is 4.74 Å². The monoisotopic (exact) mass is 506 g/mol. The van der Waals surface area contributed by atoms with Gasteiger partial charge in [-0.2, -0.15) is 8.78 Å². The molecule has 4 rings (SSSR count). The van der Waals surface area contributed by atoms with Crippen molar-refractivity contribution < 1.29 is 22.6 Å². The summed E-state index contributed by atoms with van der Waals surface area (Å²) in [6.07, 6.45) is 17.2. The SMILES string of the molecule is CCCCOC1CCC(C2CCC(/C=C/C3CCC(C(F)(F)Oc4ccc(F)cc4)CC3)CC2)CC1. The highest BCUT2D eigenvalue weighted by Crippen LogP contribution is 2.43. The summed E-state index contributed by atoms with van der Waals surface area (Å²) in [6.45, 7) is 3.14. The standard InChI is InChI=1S/C31H45F3O2/c1-2-3-22-35-29-18-12-26(13-19-29)25-10-6-23(7-11-25)4-5-24-8-14-27(15-9-24)31(33,34)36-30-20-16-28(32)17-21-30/h4-5,16-17,20-21,23-27,29H,2-3,6-15,18-19,22H2,1H3/b5-4+. The predicted molar refractivity (Wildman–Crippen MR) is 139 cm³/mol. The van der Waals surface area contributed by atoms with Crippen molar-refractivity contribution >= 4 is 0 Å². The van der Waals surface area contributed by atoms with Crippen molar-refractivity contribution in [1.29, 1.82) is 0 Å². The first-order chi connectivity index (χ1) is 17.4. The Morgan fingerprint density at radius 3 is 1.86 bits per heavy atom. The fourth-order valence-corrected chi connectivity index (χ4v) is 6.63. The van der Waals surface area contributed by atoms with E-state index in [1.165, 1.54) is 76.3 Å². The second-order valence-electron chi connectivity index (χ2n) is 11.6. The molecule has 0 heterocycles. The Kier molecular flexibility index (Phi) is 10.2. The molecule has 0 aromatic heterocycles. The van der Waals surface area contributed by atoms with E-state index in [1.807, 2.05) is 0 Å². The second-order valence-corrected chi connectivity index (χ2v) is 11.6. The Bertz CT molecular complexity index is 785. The third-order valence-corrected chi connectivity index (χ3v) is 9.02. The van der Waals surface area contributed by atoms with Crippen molar-refractivity contribution in [3.8, 4) is 5.75 Å². The average molecular weight is 507 g/mol. The Morgan fingerprint density at radius 2 is 1.31 bits per heavy atom. The minimum Gasteiger partial charge on any atom is -0.432 e. The third kappa shape index (κ3) is 8.00. The van der Waals surface area contributed by atoms with Crippen LogP contribution < -0.4 is 4.74 Å². The fourth-order valence-electron chi connectivity index (χ4n) is 6.63. The molecule has 0 atom stereocenters. The van der Waals surface area contributed by atoms with Crippen LogP contribution in [0.3, 0.4) is 0 Å². The molecular formula is C31H45F3O2. The van der Waals surface area contributed by atoms with E-state index in [0.29, 0.717) is 30.8 Å². The maximum Gasteiger partial charge on any atom is 0.400 e. The zero-order valence-corrected chi connectivity index (χ0v) is 22.0. The van der Waals surface area contributed by atoms with Crippen molar-refractivity contribution in [2.75, 3.05) is 6.61 Å². The van der Waals surface area contributed by atoms with Gasteiger partial charge in [0.1, 0.15) is 11.6 Å². The molecule has 0 radical (unpaired) electrons. The summed E-state index contributed by atoms with van der Waals surface area (Å²) < 4.78 is 53.3. The van der Waals surface area contributed by atoms with E-state index < -0.39 is 17.8 Å². The molecule has 3 aliphatic carbocycles. The first kappa shape index (κ1) is 27.5. The molecule has 0 amide bonds. The Labute approximate surface area is 216 Å². The number of benzene rings is 1. The van der Waals surface area contributed by atoms with Crippen LogP contribution in [0.4, 0.5) is 13.2 Å². The molecule has 3 fully saturated rings. The lowest BCUT2D eigenvalue weighted by Gasteiger charge is -2.37. The lowest BCUT2D eigenvalue weighted by molar-refractivity contribution is -0.223. The van der Waals surface area contributed by atoms with Gasteiger partial charge in [0.25, 0.3) is 0 Å². The first-order valence-electron chi connectivity index (χ1n) is 14.5. The highest BCUT2D eigenvalue weighted by atomic mass is 19.3. The van der Waals surface area contributed by atoms with Gasteiger partial charge in [-0.05, 0) is 131 Å². The van der Waals surface area contributed by atoms with Crippen LogP contribution in [0.25, 0.3) is 0 Å². The summed E-state index contributed by atoms with van der Waals surface area (Å²) in [7, 11) is 0. The molecule has 0 bridgehead atoms. The van der Waals surface area contributed by atoms with Gasteiger partial charge in [0, 0.05) is 6.61 Å². The molecule has 5 heteroatoms. The summed E-state index contributed by atoms with van der Waals surface area (Å²) in [4.78, 5) is 0. The maximum absolute atomic E-state index is 14.6. The molecule has 202 valence electrons. The smallest absolute Gasteiger partial charge is 0.400 e. The van der Waals surface area contributed by atoms with Gasteiger partial charge >= 0.3 is 6.11 Å². The van der Waals surface area contributed by atoms with E-state index in [-0.39, 0.29) is 5.75 Å². The second kappa shape index (κ2) is 13.3. The van der Waals surface area contributed by atoms with E-state index in [4.69, 9.17) is 9.47 Å². The number of halogens is 3. The molecule has 0 N–H and O–H groups in total. The number of unbranched alkanes of at least 4 members (excludes halogenated alkanes) is 1. The van der Waals surface area contributed by atoms with Gasteiger partial charge in [-0.1, -0.05) is 25.5 Å². The Hall–Kier alpha value is -1.49. The first-order valence-corrected chi connectivity index (χ1v) is 14.5. The predicted octanol–water partition coefficient (Wildman–Crippen LogP) is 9.34. The molecule has 0 spiro atoms. The quantitative estimate of drug-likeness (QED) is 0.232. The Morgan fingerprint density at radius 1 is 0.778 bits per heavy atom. The third-order valence-electron chi connectivity index (χ3n) is 9.02. The van der Waals surface area contributed by atoms with Gasteiger partial charge in [0.2, 0.25) is 0 Å². The minimum absolute atomic E-state index is 0.0207. The van der Waals surface area contributed by atoms with Crippen molar-refractivity contribution in [1.82, 2.24) is 0 Å². The normalized spacial score (nSPS) is 32.0. The number of rotatable bonds is 10. The fraction of sp³-hybridized carbons (Fsp3) is 0.742. The van der Waals surface area contributed by atoms with Gasteiger partial charge in [0.05, 0.1) is 12.0 Å². The number of hydrogen-bond donors (Lipinski definition) is 0. The maximum atomic E-state index is 14.6. The van der Waals surface area contributed by atoms with Gasteiger partial charge in [-0.25, -0.2) is 4.39 Å². The van der Waals surface area contributed by atoms with Gasteiger partial charge < -0.3 is 9.47 Å². The van der Waals surface area contributed by atoms with E-state index in [2.05, 4.69) is 19.1 Å². The van der Waals surface area contributed by atoms with Crippen LogP contribution in [0.5, 0.6) is 5.75 Å². The number of alkyl halides is 2. The van der Waals surface area contributed by atoms with Gasteiger partial charge in [0.15, 0.2) is 0 Å². The van der Waals surface area contributed by atoms with Crippen molar-refractivity contribution in [2.24, 2.45) is 29.6 Å². The van der Waals surface area contributed by atoms with E-state index in [0.717, 1.165) is 43.4 Å². The molecule has 3 aliphatic rings. The van der Waals surface area contributed by atoms with Crippen LogP contribution in [0.15, 0.2) is 36.4 Å². The van der Waals surface area contributed by atoms with Gasteiger partial charge in [-0.15, -0.1) is 0 Å². The number of hydrogen-bond acceptors (Lipinski definition) is 2. The Balaban J connectivity index is 1.13. The van der Waals surface area contributed by atoms with Crippen LogP contribution in [0.2, 0.25) is 0 Å². The van der Waals surface area contributed by atoms with E-state index in [9.17, 15) is 13.2 Å². The topological polar surface area (TPSA) is 18.5 Å². The van der Waals surface area contributed by atoms with E-state index in [1.54, 1.807) is 0 Å². The summed E-state index contributed by atoms with van der Waals surface area (Å²) in [5.74, 6) is 1.59. The summed E-state index contributed by atoms with van der Waals surface area (Å²) in [5.41, 5.74) is 0. The minimum atomic E-state index is -3.22. The summed E-state index contributed by atoms with van der Waals surface area (Å²) >= 11 is 0. The lowest BCUT2D eigenvalue weighted by Crippen LogP contribution is -2.37. The molecular weight excluding hydrogens is 461 g/mol. The van der Waals surface area contributed by atoms with Crippen LogP contribution in [0.1, 0.15) is 96.8 Å². The molecule has 1 aromatic rings. The molecule has 2 nitrogen and oxygen atoms in total. The molecule has 3 saturated carbocycles. The van der Waals surface area contributed by atoms with Crippen molar-refractivity contribution in [3.05, 3.63) is 42.2 Å². The summed E-state index contributed by atoms with van der Waals surface area (Å²) in [5, 5.41) is 0. The van der Waals surface area contributed by atoms with Crippen LogP contribution in [-0.4, -0.2) is 18.8 Å². The average Bonchev–Trinajstić information content (AvgIpc) is 2.90. The zero-order chi connectivity index (χ0) is 25.4. The highest BCUT2D eigenvalue weighted by molar-refractivity contribution is 5.22. The van der Waals surface area contributed by atoms with Crippen molar-refractivity contribution in [3.63, 3.8) is 0 Å². The molecule has 1 aromatic carbocycles. The highest BCUT2D eigenvalue weighted by Gasteiger charge is 2.43. The van der Waals surface area contributed by atoms with Crippen molar-refractivity contribution in [2.45, 2.75) is 109 Å². The van der Waals surface area contributed by atoms with Crippen LogP contribution >= 0.6 is 0 Å². The van der Waals surface area contributed by atoms with E-state index >= 15 is 0 Å². The summed E-state index contributed by atoms with van der Waals surface area (Å²) in [6, 6.07) is 4.83. The van der Waals surface area contributed by atoms with Gasteiger partial charge in [-0.3, -0.25) is 0 Å². The van der Waals surface area contributed by atoms with Crippen LogP contribution in [0, 0.1) is 35.4 Å². The largest absolute Gasteiger partial charge is 0.432 e.